The number of aryl methyl sites for hydroxylation is 1. The van der Waals surface area contributed by atoms with E-state index < -0.39 is 9.84 Å². The number of hydrogen-bond acceptors (Lipinski definition) is 6. The zero-order valence-corrected chi connectivity index (χ0v) is 17.8. The Morgan fingerprint density at radius 1 is 1.07 bits per heavy atom. The van der Waals surface area contributed by atoms with Gasteiger partial charge in [0.2, 0.25) is 5.91 Å². The van der Waals surface area contributed by atoms with Gasteiger partial charge in [0.15, 0.2) is 15.0 Å². The van der Waals surface area contributed by atoms with Crippen LogP contribution < -0.4 is 5.32 Å². The van der Waals surface area contributed by atoms with E-state index in [0.717, 1.165) is 11.3 Å². The fourth-order valence-corrected chi connectivity index (χ4v) is 4.79. The number of benzene rings is 2. The lowest BCUT2D eigenvalue weighted by Gasteiger charge is -2.09. The molecule has 1 aromatic heterocycles. The molecule has 0 saturated heterocycles. The van der Waals surface area contributed by atoms with E-state index in [9.17, 15) is 13.2 Å². The Hall–Kier alpha value is -2.65. The third-order valence-electron chi connectivity index (χ3n) is 4.20. The molecule has 1 N–H and O–H groups in total. The van der Waals surface area contributed by atoms with Crippen LogP contribution in [0.5, 0.6) is 0 Å². The molecule has 0 unspecified atom stereocenters. The zero-order chi connectivity index (χ0) is 20.9. The van der Waals surface area contributed by atoms with E-state index >= 15 is 0 Å². The lowest BCUT2D eigenvalue weighted by atomic mass is 10.2. The molecule has 9 heteroatoms. The lowest BCUT2D eigenvalue weighted by Crippen LogP contribution is -2.15. The van der Waals surface area contributed by atoms with Gasteiger partial charge in [-0.15, -0.1) is 10.2 Å². The highest BCUT2D eigenvalue weighted by molar-refractivity contribution is 7.99. The number of hydrogen-bond donors (Lipinski definition) is 1. The molecule has 0 saturated carbocycles. The van der Waals surface area contributed by atoms with Gasteiger partial charge in [-0.3, -0.25) is 4.79 Å². The van der Waals surface area contributed by atoms with Crippen LogP contribution in [-0.2, 0) is 26.9 Å². The Morgan fingerprint density at radius 3 is 2.41 bits per heavy atom. The molecule has 29 heavy (non-hydrogen) atoms. The van der Waals surface area contributed by atoms with E-state index in [-0.39, 0.29) is 22.3 Å². The highest BCUT2D eigenvalue weighted by Gasteiger charge is 2.21. The molecular formula is C20H22N4O3S2. The number of nitrogens with one attached hydrogen (secondary N) is 1. The molecular weight excluding hydrogens is 408 g/mol. The molecule has 152 valence electrons. The van der Waals surface area contributed by atoms with Gasteiger partial charge in [-0.05, 0) is 38.1 Å². The number of thioether (sulfide) groups is 1. The molecule has 0 fully saturated rings. The van der Waals surface area contributed by atoms with E-state index in [1.165, 1.54) is 11.8 Å². The minimum Gasteiger partial charge on any atom is -0.325 e. The van der Waals surface area contributed by atoms with Crippen molar-refractivity contribution in [3.05, 3.63) is 66.0 Å². The predicted molar refractivity (Wildman–Crippen MR) is 114 cm³/mol. The molecule has 0 aliphatic heterocycles. The van der Waals surface area contributed by atoms with Gasteiger partial charge in [-0.1, -0.05) is 47.7 Å². The van der Waals surface area contributed by atoms with Crippen LogP contribution in [0.1, 0.15) is 18.3 Å². The average molecular weight is 431 g/mol. The molecule has 0 aliphatic rings. The van der Waals surface area contributed by atoms with Crippen LogP contribution in [0.15, 0.2) is 64.6 Å². The maximum atomic E-state index is 12.7. The second-order valence-electron chi connectivity index (χ2n) is 6.42. The van der Waals surface area contributed by atoms with Crippen molar-refractivity contribution in [3.63, 3.8) is 0 Å². The number of sulfone groups is 1. The first kappa shape index (κ1) is 21.1. The maximum Gasteiger partial charge on any atom is 0.234 e. The quantitative estimate of drug-likeness (QED) is 0.551. The fraction of sp³-hybridized carbons (Fsp3) is 0.250. The first-order valence-corrected chi connectivity index (χ1v) is 11.7. The van der Waals surface area contributed by atoms with Gasteiger partial charge in [0.1, 0.15) is 11.6 Å². The summed E-state index contributed by atoms with van der Waals surface area (Å²) in [5.41, 5.74) is 1.72. The molecule has 0 atom stereocenters. The summed E-state index contributed by atoms with van der Waals surface area (Å²) in [6.07, 6.45) is 0. The van der Waals surface area contributed by atoms with Crippen molar-refractivity contribution in [1.82, 2.24) is 14.8 Å². The predicted octanol–water partition coefficient (Wildman–Crippen LogP) is 3.31. The molecule has 3 aromatic rings. The Morgan fingerprint density at radius 2 is 1.76 bits per heavy atom. The van der Waals surface area contributed by atoms with Gasteiger partial charge < -0.3 is 9.88 Å². The van der Waals surface area contributed by atoms with E-state index in [1.54, 1.807) is 28.8 Å². The van der Waals surface area contributed by atoms with Gasteiger partial charge in [-0.25, -0.2) is 8.42 Å². The van der Waals surface area contributed by atoms with Crippen LogP contribution in [0.3, 0.4) is 0 Å². The summed E-state index contributed by atoms with van der Waals surface area (Å²) in [5, 5.41) is 11.5. The third-order valence-corrected chi connectivity index (χ3v) is 6.79. The van der Waals surface area contributed by atoms with Crippen molar-refractivity contribution in [2.24, 2.45) is 0 Å². The number of para-hydroxylation sites is 1. The summed E-state index contributed by atoms with van der Waals surface area (Å²) in [4.78, 5) is 12.4. The number of rotatable bonds is 8. The molecule has 1 heterocycles. The van der Waals surface area contributed by atoms with Crippen LogP contribution in [0.2, 0.25) is 0 Å². The number of nitrogens with zero attached hydrogens (tertiary/aromatic N) is 3. The second-order valence-corrected chi connectivity index (χ2v) is 9.35. The topological polar surface area (TPSA) is 93.9 Å². The van der Waals surface area contributed by atoms with Crippen LogP contribution in [-0.4, -0.2) is 34.8 Å². The summed E-state index contributed by atoms with van der Waals surface area (Å²) in [6.45, 7) is 4.30. The first-order chi connectivity index (χ1) is 13.9. The van der Waals surface area contributed by atoms with Crippen molar-refractivity contribution >= 4 is 33.2 Å². The molecule has 0 bridgehead atoms. The van der Waals surface area contributed by atoms with Crippen LogP contribution in [0.4, 0.5) is 5.69 Å². The standard InChI is InChI=1S/C20H22N4O3S2/c1-3-24-18(14-29(26,27)17-11-9-15(2)10-12-17)22-23-20(24)28-13-19(25)21-16-7-5-4-6-8-16/h4-12H,3,13-14H2,1-2H3,(H,21,25). The smallest absolute Gasteiger partial charge is 0.234 e. The number of carbonyl (C=O) groups excluding carboxylic acids is 1. The van der Waals surface area contributed by atoms with E-state index in [2.05, 4.69) is 15.5 Å². The fourth-order valence-electron chi connectivity index (χ4n) is 2.70. The molecule has 1 amide bonds. The zero-order valence-electron chi connectivity index (χ0n) is 16.2. The SMILES string of the molecule is CCn1c(CS(=O)(=O)c2ccc(C)cc2)nnc1SCC(=O)Nc1ccccc1. The maximum absolute atomic E-state index is 12.7. The minimum absolute atomic E-state index is 0.151. The Labute approximate surface area is 174 Å². The molecule has 7 nitrogen and oxygen atoms in total. The highest BCUT2D eigenvalue weighted by Crippen LogP contribution is 2.21. The largest absolute Gasteiger partial charge is 0.325 e. The molecule has 0 aliphatic carbocycles. The van der Waals surface area contributed by atoms with E-state index in [4.69, 9.17) is 0 Å². The molecule has 3 rings (SSSR count). The summed E-state index contributed by atoms with van der Waals surface area (Å²) in [5.74, 6) is 0.102. The molecule has 0 radical (unpaired) electrons. The molecule has 0 spiro atoms. The van der Waals surface area contributed by atoms with Crippen molar-refractivity contribution in [1.29, 1.82) is 0 Å². The number of amides is 1. The summed E-state index contributed by atoms with van der Waals surface area (Å²) >= 11 is 1.23. The van der Waals surface area contributed by atoms with E-state index in [1.807, 2.05) is 44.2 Å². The first-order valence-electron chi connectivity index (χ1n) is 9.08. The van der Waals surface area contributed by atoms with Crippen molar-refractivity contribution < 1.29 is 13.2 Å². The van der Waals surface area contributed by atoms with Crippen molar-refractivity contribution in [3.8, 4) is 0 Å². The van der Waals surface area contributed by atoms with Gasteiger partial charge in [0.25, 0.3) is 0 Å². The second kappa shape index (κ2) is 9.23. The van der Waals surface area contributed by atoms with Gasteiger partial charge in [-0.2, -0.15) is 0 Å². The van der Waals surface area contributed by atoms with Crippen LogP contribution in [0, 0.1) is 6.92 Å². The normalized spacial score (nSPS) is 11.4. The summed E-state index contributed by atoms with van der Waals surface area (Å²) in [6, 6.07) is 15.9. The Bertz CT molecular complexity index is 1080. The Kier molecular flexibility index (Phi) is 6.71. The van der Waals surface area contributed by atoms with Crippen LogP contribution in [0.25, 0.3) is 0 Å². The van der Waals surface area contributed by atoms with E-state index in [0.29, 0.717) is 17.5 Å². The third kappa shape index (κ3) is 5.45. The van der Waals surface area contributed by atoms with Gasteiger partial charge >= 0.3 is 0 Å². The van der Waals surface area contributed by atoms with Gasteiger partial charge in [0.05, 0.1) is 10.6 Å². The highest BCUT2D eigenvalue weighted by atomic mass is 32.2. The monoisotopic (exact) mass is 430 g/mol. The van der Waals surface area contributed by atoms with Crippen LogP contribution >= 0.6 is 11.8 Å². The van der Waals surface area contributed by atoms with Crippen molar-refractivity contribution in [2.45, 2.75) is 36.2 Å². The number of anilines is 1. The number of aromatic nitrogens is 3. The summed E-state index contributed by atoms with van der Waals surface area (Å²) in [7, 11) is -3.53. The average Bonchev–Trinajstić information content (AvgIpc) is 3.08. The minimum atomic E-state index is -3.53. The summed E-state index contributed by atoms with van der Waals surface area (Å²) < 4.78 is 27.1. The molecule has 2 aromatic carbocycles. The Balaban J connectivity index is 1.68. The lowest BCUT2D eigenvalue weighted by molar-refractivity contribution is -0.113. The van der Waals surface area contributed by atoms with Crippen molar-refractivity contribution in [2.75, 3.05) is 11.1 Å². The van der Waals surface area contributed by atoms with Gasteiger partial charge in [0, 0.05) is 12.2 Å². The number of carbonyl (C=O) groups is 1.